The number of hydrogen-bond donors (Lipinski definition) is 1. The maximum atomic E-state index is 13.5. The average Bonchev–Trinajstić information content (AvgIpc) is 2.59. The summed E-state index contributed by atoms with van der Waals surface area (Å²) in [6.45, 7) is 1.85. The SMILES string of the molecule is CCc1c(N)noc1-c1ccc(F)cc1F. The molecular weight excluding hydrogens is 214 g/mol. The van der Waals surface area contributed by atoms with Gasteiger partial charge in [0.05, 0.1) is 5.56 Å². The first kappa shape index (κ1) is 10.6. The zero-order chi connectivity index (χ0) is 11.7. The molecule has 5 heteroatoms. The van der Waals surface area contributed by atoms with Gasteiger partial charge in [-0.25, -0.2) is 8.78 Å². The molecule has 2 rings (SSSR count). The summed E-state index contributed by atoms with van der Waals surface area (Å²) in [6, 6.07) is 3.27. The third-order valence-corrected chi connectivity index (χ3v) is 2.35. The number of nitrogens with zero attached hydrogens (tertiary/aromatic N) is 1. The molecule has 0 saturated heterocycles. The lowest BCUT2D eigenvalue weighted by molar-refractivity contribution is 0.432. The summed E-state index contributed by atoms with van der Waals surface area (Å²) >= 11 is 0. The van der Waals surface area contributed by atoms with Gasteiger partial charge in [0.2, 0.25) is 0 Å². The molecule has 1 aromatic carbocycles. The van der Waals surface area contributed by atoms with E-state index in [1.54, 1.807) is 0 Å². The van der Waals surface area contributed by atoms with Gasteiger partial charge in [0, 0.05) is 11.6 Å². The molecule has 0 aliphatic rings. The van der Waals surface area contributed by atoms with Crippen molar-refractivity contribution < 1.29 is 13.3 Å². The molecule has 0 amide bonds. The first-order valence-corrected chi connectivity index (χ1v) is 4.83. The van der Waals surface area contributed by atoms with Crippen molar-refractivity contribution in [2.75, 3.05) is 5.73 Å². The van der Waals surface area contributed by atoms with Crippen molar-refractivity contribution in [3.8, 4) is 11.3 Å². The van der Waals surface area contributed by atoms with Crippen LogP contribution in [0.15, 0.2) is 22.7 Å². The van der Waals surface area contributed by atoms with Crippen LogP contribution in [0.3, 0.4) is 0 Å². The minimum Gasteiger partial charge on any atom is -0.381 e. The number of aromatic nitrogens is 1. The molecule has 1 heterocycles. The average molecular weight is 224 g/mol. The van der Waals surface area contributed by atoms with Crippen LogP contribution in [0.1, 0.15) is 12.5 Å². The largest absolute Gasteiger partial charge is 0.381 e. The lowest BCUT2D eigenvalue weighted by Crippen LogP contribution is -1.92. The highest BCUT2D eigenvalue weighted by Gasteiger charge is 2.17. The first-order valence-electron chi connectivity index (χ1n) is 4.83. The molecule has 0 spiro atoms. The number of nitrogens with two attached hydrogens (primary N) is 1. The fourth-order valence-electron chi connectivity index (χ4n) is 1.55. The predicted octanol–water partition coefficient (Wildman–Crippen LogP) is 2.76. The van der Waals surface area contributed by atoms with Gasteiger partial charge in [-0.15, -0.1) is 0 Å². The van der Waals surface area contributed by atoms with Crippen LogP contribution < -0.4 is 5.73 Å². The summed E-state index contributed by atoms with van der Waals surface area (Å²) in [7, 11) is 0. The van der Waals surface area contributed by atoms with E-state index in [9.17, 15) is 8.78 Å². The Labute approximate surface area is 90.9 Å². The van der Waals surface area contributed by atoms with Crippen molar-refractivity contribution in [2.24, 2.45) is 0 Å². The van der Waals surface area contributed by atoms with Crippen molar-refractivity contribution >= 4 is 5.82 Å². The monoisotopic (exact) mass is 224 g/mol. The van der Waals surface area contributed by atoms with E-state index in [0.717, 1.165) is 12.1 Å². The predicted molar refractivity (Wildman–Crippen MR) is 55.6 cm³/mol. The maximum Gasteiger partial charge on any atom is 0.175 e. The van der Waals surface area contributed by atoms with Crippen LogP contribution in [0.4, 0.5) is 14.6 Å². The van der Waals surface area contributed by atoms with Crippen molar-refractivity contribution in [1.82, 2.24) is 5.16 Å². The second kappa shape index (κ2) is 3.92. The Morgan fingerprint density at radius 1 is 1.38 bits per heavy atom. The Hall–Kier alpha value is -1.91. The standard InChI is InChI=1S/C11H10F2N2O/c1-2-7-10(16-15-11(7)14)8-4-3-6(12)5-9(8)13/h3-5H,2H2,1H3,(H2,14,15). The maximum absolute atomic E-state index is 13.5. The number of anilines is 1. The van der Waals surface area contributed by atoms with Gasteiger partial charge in [-0.2, -0.15) is 0 Å². The van der Waals surface area contributed by atoms with Crippen molar-refractivity contribution in [3.63, 3.8) is 0 Å². The first-order chi connectivity index (χ1) is 7.63. The Morgan fingerprint density at radius 3 is 2.75 bits per heavy atom. The van der Waals surface area contributed by atoms with E-state index < -0.39 is 11.6 Å². The summed E-state index contributed by atoms with van der Waals surface area (Å²) in [4.78, 5) is 0. The van der Waals surface area contributed by atoms with Gasteiger partial charge in [-0.3, -0.25) is 0 Å². The second-order valence-corrected chi connectivity index (χ2v) is 3.35. The molecule has 84 valence electrons. The third-order valence-electron chi connectivity index (χ3n) is 2.35. The molecular formula is C11H10F2N2O. The molecule has 0 aliphatic heterocycles. The van der Waals surface area contributed by atoms with Gasteiger partial charge in [0.25, 0.3) is 0 Å². The summed E-state index contributed by atoms with van der Waals surface area (Å²) in [5, 5.41) is 3.57. The van der Waals surface area contributed by atoms with E-state index in [1.807, 2.05) is 6.92 Å². The topological polar surface area (TPSA) is 52.0 Å². The highest BCUT2D eigenvalue weighted by Crippen LogP contribution is 2.30. The third kappa shape index (κ3) is 1.64. The van der Waals surface area contributed by atoms with E-state index in [4.69, 9.17) is 10.3 Å². The van der Waals surface area contributed by atoms with Crippen LogP contribution in [0.2, 0.25) is 0 Å². The second-order valence-electron chi connectivity index (χ2n) is 3.35. The molecule has 3 nitrogen and oxygen atoms in total. The zero-order valence-electron chi connectivity index (χ0n) is 8.63. The molecule has 2 aromatic rings. The molecule has 0 aliphatic carbocycles. The van der Waals surface area contributed by atoms with E-state index >= 15 is 0 Å². The summed E-state index contributed by atoms with van der Waals surface area (Å²) in [6.07, 6.45) is 0.571. The van der Waals surface area contributed by atoms with Gasteiger partial charge in [0.15, 0.2) is 11.6 Å². The van der Waals surface area contributed by atoms with Gasteiger partial charge >= 0.3 is 0 Å². The highest BCUT2D eigenvalue weighted by molar-refractivity contribution is 5.66. The molecule has 0 bridgehead atoms. The number of rotatable bonds is 2. The van der Waals surface area contributed by atoms with Crippen molar-refractivity contribution in [3.05, 3.63) is 35.4 Å². The van der Waals surface area contributed by atoms with E-state index in [-0.39, 0.29) is 17.1 Å². The number of hydrogen-bond acceptors (Lipinski definition) is 3. The van der Waals surface area contributed by atoms with E-state index in [0.29, 0.717) is 12.0 Å². The molecule has 16 heavy (non-hydrogen) atoms. The lowest BCUT2D eigenvalue weighted by Gasteiger charge is -2.01. The molecule has 1 aromatic heterocycles. The molecule has 0 saturated carbocycles. The highest BCUT2D eigenvalue weighted by atomic mass is 19.1. The van der Waals surface area contributed by atoms with E-state index in [1.165, 1.54) is 6.07 Å². The van der Waals surface area contributed by atoms with Gasteiger partial charge < -0.3 is 10.3 Å². The minimum absolute atomic E-state index is 0.169. The van der Waals surface area contributed by atoms with Crippen molar-refractivity contribution in [1.29, 1.82) is 0 Å². The molecule has 0 atom stereocenters. The summed E-state index contributed by atoms with van der Waals surface area (Å²) < 4.78 is 31.2. The fraction of sp³-hybridized carbons (Fsp3) is 0.182. The quantitative estimate of drug-likeness (QED) is 0.853. The van der Waals surface area contributed by atoms with Crippen LogP contribution in [-0.4, -0.2) is 5.16 Å². The molecule has 0 unspecified atom stereocenters. The van der Waals surface area contributed by atoms with Crippen LogP contribution in [0, 0.1) is 11.6 Å². The molecule has 2 N–H and O–H groups in total. The fourth-order valence-corrected chi connectivity index (χ4v) is 1.55. The van der Waals surface area contributed by atoms with Crippen LogP contribution >= 0.6 is 0 Å². The van der Waals surface area contributed by atoms with Crippen LogP contribution in [-0.2, 0) is 6.42 Å². The minimum atomic E-state index is -0.689. The lowest BCUT2D eigenvalue weighted by atomic mass is 10.1. The number of halogens is 2. The van der Waals surface area contributed by atoms with Gasteiger partial charge in [-0.05, 0) is 18.6 Å². The van der Waals surface area contributed by atoms with Gasteiger partial charge in [0.1, 0.15) is 11.6 Å². The number of benzene rings is 1. The van der Waals surface area contributed by atoms with Gasteiger partial charge in [-0.1, -0.05) is 12.1 Å². The number of nitrogen functional groups attached to an aromatic ring is 1. The summed E-state index contributed by atoms with van der Waals surface area (Å²) in [5.41, 5.74) is 6.37. The van der Waals surface area contributed by atoms with Crippen molar-refractivity contribution in [2.45, 2.75) is 13.3 Å². The van der Waals surface area contributed by atoms with Crippen LogP contribution in [0.25, 0.3) is 11.3 Å². The van der Waals surface area contributed by atoms with E-state index in [2.05, 4.69) is 5.16 Å². The normalized spacial score (nSPS) is 10.7. The summed E-state index contributed by atoms with van der Waals surface area (Å²) in [5.74, 6) is -0.823. The smallest absolute Gasteiger partial charge is 0.175 e. The Morgan fingerprint density at radius 2 is 2.12 bits per heavy atom. The molecule has 0 fully saturated rings. The Balaban J connectivity index is 2.58. The molecule has 0 radical (unpaired) electrons. The zero-order valence-corrected chi connectivity index (χ0v) is 8.63. The Kier molecular flexibility index (Phi) is 2.60. The van der Waals surface area contributed by atoms with Crippen LogP contribution in [0.5, 0.6) is 0 Å². The Bertz CT molecular complexity index is 523.